The first-order valence-corrected chi connectivity index (χ1v) is 12.5. The first-order valence-electron chi connectivity index (χ1n) is 12.1. The van der Waals surface area contributed by atoms with Crippen LogP contribution in [0.25, 0.3) is 0 Å². The zero-order valence-electron chi connectivity index (χ0n) is 20.3. The van der Waals surface area contributed by atoms with Crippen LogP contribution < -0.4 is 5.32 Å². The summed E-state index contributed by atoms with van der Waals surface area (Å²) in [5.41, 5.74) is 1.29. The molecule has 34 heavy (non-hydrogen) atoms. The third-order valence-corrected chi connectivity index (χ3v) is 7.36. The molecule has 2 amide bonds. The third-order valence-electron chi connectivity index (χ3n) is 7.04. The summed E-state index contributed by atoms with van der Waals surface area (Å²) in [5.74, 6) is -3.12. The van der Waals surface area contributed by atoms with Crippen molar-refractivity contribution in [2.24, 2.45) is 23.7 Å². The molecule has 1 fully saturated rings. The molecule has 2 N–H and O–H groups in total. The van der Waals surface area contributed by atoms with Crippen LogP contribution >= 0.6 is 11.6 Å². The number of carbonyl (C=O) groups is 3. The number of hydrogen-bond acceptors (Lipinski definition) is 5. The molecule has 0 aromatic heterocycles. The number of para-hydroxylation sites is 1. The maximum atomic E-state index is 13.8. The number of aryl methyl sites for hydroxylation is 1. The van der Waals surface area contributed by atoms with E-state index in [9.17, 15) is 19.5 Å². The number of aliphatic hydroxyl groups is 1. The number of benzene rings is 1. The number of rotatable bonds is 9. The van der Waals surface area contributed by atoms with Crippen molar-refractivity contribution in [3.63, 3.8) is 0 Å². The Hall–Kier alpha value is -2.38. The number of nitrogens with zero attached hydrogens (tertiary/aromatic N) is 1. The number of fused-ring (bicyclic) bond motifs is 1. The van der Waals surface area contributed by atoms with Crippen molar-refractivity contribution in [2.45, 2.75) is 59.0 Å². The Morgan fingerprint density at radius 3 is 2.56 bits per heavy atom. The number of hydrogen-bond donors (Lipinski definition) is 2. The second-order valence-electron chi connectivity index (χ2n) is 9.07. The predicted molar refractivity (Wildman–Crippen MR) is 131 cm³/mol. The van der Waals surface area contributed by atoms with Gasteiger partial charge in [0.25, 0.3) is 0 Å². The lowest BCUT2D eigenvalue weighted by atomic mass is 9.69. The quantitative estimate of drug-likeness (QED) is 0.403. The van der Waals surface area contributed by atoms with E-state index in [0.717, 1.165) is 18.4 Å². The highest BCUT2D eigenvalue weighted by Gasteiger charge is 2.58. The summed E-state index contributed by atoms with van der Waals surface area (Å²) in [7, 11) is 0. The fraction of sp³-hybridized carbons (Fsp3) is 0.577. The maximum Gasteiger partial charge on any atom is 0.310 e. The van der Waals surface area contributed by atoms with Crippen molar-refractivity contribution in [3.8, 4) is 0 Å². The van der Waals surface area contributed by atoms with Gasteiger partial charge in [-0.2, -0.15) is 0 Å². The highest BCUT2D eigenvalue weighted by Crippen LogP contribution is 2.46. The van der Waals surface area contributed by atoms with Gasteiger partial charge in [-0.25, -0.2) is 0 Å². The first kappa shape index (κ1) is 26.2. The summed E-state index contributed by atoms with van der Waals surface area (Å²) < 4.78 is 5.37. The molecule has 0 spiro atoms. The van der Waals surface area contributed by atoms with Crippen LogP contribution in [-0.2, 0) is 19.1 Å². The molecule has 3 rings (SSSR count). The molecule has 0 bridgehead atoms. The van der Waals surface area contributed by atoms with Gasteiger partial charge in [0.1, 0.15) is 6.04 Å². The number of ether oxygens (including phenoxy) is 1. The standard InChI is InChI=1S/C26H35ClN2O5/c1-5-9-16-12-13-18-21(20(16)26(33)34-7-3)25(32)29(17(6-2)14-30)23(18)24(31)28-22-15(4)10-8-11-19(22)27/h8,10-13,16-18,20-21,23,30H,5-7,9,14H2,1-4H3,(H,28,31)/t16-,17+,18+,20-,21+,23+/m1/s1. The molecule has 186 valence electrons. The minimum Gasteiger partial charge on any atom is -0.466 e. The largest absolute Gasteiger partial charge is 0.466 e. The van der Waals surface area contributed by atoms with Gasteiger partial charge in [0.15, 0.2) is 0 Å². The van der Waals surface area contributed by atoms with Crippen molar-refractivity contribution in [3.05, 3.63) is 40.9 Å². The van der Waals surface area contributed by atoms with E-state index < -0.39 is 35.8 Å². The van der Waals surface area contributed by atoms with Gasteiger partial charge in [-0.3, -0.25) is 14.4 Å². The van der Waals surface area contributed by atoms with Crippen LogP contribution in [0.3, 0.4) is 0 Å². The summed E-state index contributed by atoms with van der Waals surface area (Å²) in [6.07, 6.45) is 5.94. The molecule has 1 saturated heterocycles. The van der Waals surface area contributed by atoms with Crippen molar-refractivity contribution in [1.29, 1.82) is 0 Å². The smallest absolute Gasteiger partial charge is 0.310 e. The Balaban J connectivity index is 2.06. The van der Waals surface area contributed by atoms with E-state index in [2.05, 4.69) is 5.32 Å². The summed E-state index contributed by atoms with van der Waals surface area (Å²) >= 11 is 6.34. The number of halogens is 1. The predicted octanol–water partition coefficient (Wildman–Crippen LogP) is 3.97. The number of nitrogens with one attached hydrogen (secondary N) is 1. The molecule has 7 nitrogen and oxygen atoms in total. The van der Waals surface area contributed by atoms with Crippen LogP contribution in [0.1, 0.15) is 45.6 Å². The lowest BCUT2D eigenvalue weighted by Crippen LogP contribution is -2.50. The van der Waals surface area contributed by atoms with Crippen LogP contribution in [0, 0.1) is 30.6 Å². The molecule has 2 aliphatic rings. The zero-order valence-corrected chi connectivity index (χ0v) is 21.0. The van der Waals surface area contributed by atoms with Crippen molar-refractivity contribution >= 4 is 35.1 Å². The number of likely N-dealkylation sites (tertiary alicyclic amines) is 1. The molecule has 6 atom stereocenters. The maximum absolute atomic E-state index is 13.8. The summed E-state index contributed by atoms with van der Waals surface area (Å²) in [6.45, 7) is 7.43. The fourth-order valence-corrected chi connectivity index (χ4v) is 5.68. The van der Waals surface area contributed by atoms with Gasteiger partial charge in [0.05, 0.1) is 41.8 Å². The van der Waals surface area contributed by atoms with Crippen LogP contribution in [0.5, 0.6) is 0 Å². The van der Waals surface area contributed by atoms with Crippen molar-refractivity contribution < 1.29 is 24.2 Å². The molecule has 1 aliphatic carbocycles. The number of aliphatic hydroxyl groups excluding tert-OH is 1. The Morgan fingerprint density at radius 1 is 1.24 bits per heavy atom. The van der Waals surface area contributed by atoms with Gasteiger partial charge >= 0.3 is 5.97 Å². The van der Waals surface area contributed by atoms with Crippen LogP contribution in [0.4, 0.5) is 5.69 Å². The molecular formula is C26H35ClN2O5. The first-order chi connectivity index (χ1) is 16.3. The molecule has 1 aromatic carbocycles. The Bertz CT molecular complexity index is 925. The SMILES string of the molecule is CCC[C@@H]1C=C[C@H]2[C@H](C(=O)N([C@@H](CC)CO)[C@@H]2C(=O)Nc2c(C)cccc2Cl)[C@@H]1C(=O)OCC. The van der Waals surface area contributed by atoms with Crippen molar-refractivity contribution in [2.75, 3.05) is 18.5 Å². The van der Waals surface area contributed by atoms with Crippen molar-refractivity contribution in [1.82, 2.24) is 4.90 Å². The number of carbonyl (C=O) groups excluding carboxylic acids is 3. The van der Waals surface area contributed by atoms with E-state index in [1.54, 1.807) is 19.1 Å². The molecule has 1 aliphatic heterocycles. The Morgan fingerprint density at radius 2 is 1.97 bits per heavy atom. The van der Waals surface area contributed by atoms with E-state index in [4.69, 9.17) is 16.3 Å². The van der Waals surface area contributed by atoms with E-state index >= 15 is 0 Å². The number of allylic oxidation sites excluding steroid dienone is 1. The van der Waals surface area contributed by atoms with Gasteiger partial charge in [-0.1, -0.05) is 56.2 Å². The molecule has 1 heterocycles. The molecule has 0 radical (unpaired) electrons. The topological polar surface area (TPSA) is 95.9 Å². The number of anilines is 1. The van der Waals surface area contributed by atoms with Gasteiger partial charge < -0.3 is 20.1 Å². The minimum absolute atomic E-state index is 0.141. The van der Waals surface area contributed by atoms with Gasteiger partial charge in [-0.05, 0) is 44.2 Å². The monoisotopic (exact) mass is 490 g/mol. The minimum atomic E-state index is -0.874. The summed E-state index contributed by atoms with van der Waals surface area (Å²) in [4.78, 5) is 42.1. The second-order valence-corrected chi connectivity index (χ2v) is 9.48. The summed E-state index contributed by atoms with van der Waals surface area (Å²) in [5, 5.41) is 13.4. The molecule has 8 heteroatoms. The van der Waals surface area contributed by atoms with Crippen LogP contribution in [0.15, 0.2) is 30.4 Å². The normalized spacial score (nSPS) is 26.8. The van der Waals surface area contributed by atoms with Crippen LogP contribution in [-0.4, -0.2) is 53.1 Å². The Kier molecular flexibility index (Phi) is 8.77. The second kappa shape index (κ2) is 11.4. The van der Waals surface area contributed by atoms with E-state index in [1.807, 2.05) is 39.0 Å². The average molecular weight is 491 g/mol. The lowest BCUT2D eigenvalue weighted by molar-refractivity contribution is -0.156. The molecule has 0 saturated carbocycles. The van der Waals surface area contributed by atoms with Gasteiger partial charge in [0.2, 0.25) is 11.8 Å². The van der Waals surface area contributed by atoms with E-state index in [0.29, 0.717) is 17.1 Å². The van der Waals surface area contributed by atoms with E-state index in [-0.39, 0.29) is 30.9 Å². The third kappa shape index (κ3) is 4.86. The molecular weight excluding hydrogens is 456 g/mol. The average Bonchev–Trinajstić information content (AvgIpc) is 3.10. The zero-order chi connectivity index (χ0) is 25.0. The number of esters is 1. The van der Waals surface area contributed by atoms with Gasteiger partial charge in [0, 0.05) is 5.92 Å². The van der Waals surface area contributed by atoms with Gasteiger partial charge in [-0.15, -0.1) is 0 Å². The highest BCUT2D eigenvalue weighted by atomic mass is 35.5. The van der Waals surface area contributed by atoms with E-state index in [1.165, 1.54) is 4.90 Å². The van der Waals surface area contributed by atoms with Crippen LogP contribution in [0.2, 0.25) is 5.02 Å². The highest BCUT2D eigenvalue weighted by molar-refractivity contribution is 6.34. The molecule has 0 unspecified atom stereocenters. The number of amides is 2. The Labute approximate surface area is 206 Å². The lowest BCUT2D eigenvalue weighted by Gasteiger charge is -2.34. The fourth-order valence-electron chi connectivity index (χ4n) is 5.41. The molecule has 1 aromatic rings. The summed E-state index contributed by atoms with van der Waals surface area (Å²) in [6, 6.07) is 3.93.